The Hall–Kier alpha value is -0.940. The van der Waals surface area contributed by atoms with Gasteiger partial charge in [0.2, 0.25) is 0 Å². The van der Waals surface area contributed by atoms with Crippen LogP contribution in [-0.2, 0) is 6.54 Å². The van der Waals surface area contributed by atoms with Gasteiger partial charge in [0.25, 0.3) is 0 Å². The second kappa shape index (κ2) is 4.06. The number of hydrogen-bond donors (Lipinski definition) is 0. The lowest BCUT2D eigenvalue weighted by Crippen LogP contribution is -2.02. The molecule has 14 heavy (non-hydrogen) atoms. The predicted molar refractivity (Wildman–Crippen MR) is 56.1 cm³/mol. The average Bonchev–Trinajstić information content (AvgIpc) is 2.56. The third kappa shape index (κ3) is 2.10. The molecule has 0 atom stereocenters. The SMILES string of the molecule is Clc1cnc(Cn2ccnc2Br)nc1. The maximum absolute atomic E-state index is 5.67. The van der Waals surface area contributed by atoms with E-state index in [-0.39, 0.29) is 0 Å². The van der Waals surface area contributed by atoms with Crippen molar-refractivity contribution in [3.8, 4) is 0 Å². The van der Waals surface area contributed by atoms with Crippen LogP contribution < -0.4 is 0 Å². The molecule has 0 unspecified atom stereocenters. The van der Waals surface area contributed by atoms with Gasteiger partial charge in [-0.05, 0) is 15.9 Å². The summed E-state index contributed by atoms with van der Waals surface area (Å²) in [5, 5.41) is 0.540. The predicted octanol–water partition coefficient (Wildman–Crippen LogP) is 2.14. The van der Waals surface area contributed by atoms with Crippen molar-refractivity contribution in [3.05, 3.63) is 40.4 Å². The van der Waals surface area contributed by atoms with E-state index in [2.05, 4.69) is 30.9 Å². The number of halogens is 2. The van der Waals surface area contributed by atoms with Crippen molar-refractivity contribution in [3.63, 3.8) is 0 Å². The fourth-order valence-electron chi connectivity index (χ4n) is 1.00. The molecule has 0 N–H and O–H groups in total. The van der Waals surface area contributed by atoms with E-state index >= 15 is 0 Å². The van der Waals surface area contributed by atoms with Crippen molar-refractivity contribution >= 4 is 27.5 Å². The summed E-state index contributed by atoms with van der Waals surface area (Å²) >= 11 is 8.98. The van der Waals surface area contributed by atoms with Crippen LogP contribution in [-0.4, -0.2) is 19.5 Å². The van der Waals surface area contributed by atoms with Crippen LogP contribution in [0.3, 0.4) is 0 Å². The monoisotopic (exact) mass is 272 g/mol. The van der Waals surface area contributed by atoms with E-state index in [9.17, 15) is 0 Å². The number of imidazole rings is 1. The van der Waals surface area contributed by atoms with Crippen molar-refractivity contribution in [2.24, 2.45) is 0 Å². The summed E-state index contributed by atoms with van der Waals surface area (Å²) in [6, 6.07) is 0. The maximum Gasteiger partial charge on any atom is 0.177 e. The summed E-state index contributed by atoms with van der Waals surface area (Å²) in [7, 11) is 0. The Morgan fingerprint density at radius 3 is 2.57 bits per heavy atom. The molecule has 2 aromatic rings. The molecule has 0 spiro atoms. The summed E-state index contributed by atoms with van der Waals surface area (Å²) in [6.07, 6.45) is 6.71. The summed E-state index contributed by atoms with van der Waals surface area (Å²) in [5.41, 5.74) is 0. The fourth-order valence-corrected chi connectivity index (χ4v) is 1.46. The molecule has 0 aliphatic carbocycles. The molecule has 6 heteroatoms. The molecule has 0 saturated heterocycles. The Morgan fingerprint density at radius 1 is 1.29 bits per heavy atom. The van der Waals surface area contributed by atoms with E-state index in [1.165, 1.54) is 0 Å². The molecule has 4 nitrogen and oxygen atoms in total. The van der Waals surface area contributed by atoms with Crippen molar-refractivity contribution < 1.29 is 0 Å². The third-order valence-electron chi connectivity index (χ3n) is 1.65. The number of nitrogens with zero attached hydrogens (tertiary/aromatic N) is 4. The van der Waals surface area contributed by atoms with Crippen LogP contribution >= 0.6 is 27.5 Å². The van der Waals surface area contributed by atoms with Gasteiger partial charge in [-0.25, -0.2) is 15.0 Å². The highest BCUT2D eigenvalue weighted by molar-refractivity contribution is 9.10. The molecule has 2 rings (SSSR count). The lowest BCUT2D eigenvalue weighted by molar-refractivity contribution is 0.726. The van der Waals surface area contributed by atoms with Crippen LogP contribution in [0.2, 0.25) is 5.02 Å². The van der Waals surface area contributed by atoms with Crippen molar-refractivity contribution in [1.29, 1.82) is 0 Å². The van der Waals surface area contributed by atoms with Crippen LogP contribution in [0.4, 0.5) is 0 Å². The molecule has 0 radical (unpaired) electrons. The molecule has 0 fully saturated rings. The summed E-state index contributed by atoms with van der Waals surface area (Å²) in [5.74, 6) is 0.702. The van der Waals surface area contributed by atoms with E-state index < -0.39 is 0 Å². The van der Waals surface area contributed by atoms with Gasteiger partial charge in [0.15, 0.2) is 4.73 Å². The lowest BCUT2D eigenvalue weighted by Gasteiger charge is -2.01. The van der Waals surface area contributed by atoms with Crippen LogP contribution in [0.15, 0.2) is 29.5 Å². The molecule has 2 heterocycles. The van der Waals surface area contributed by atoms with Crippen LogP contribution in [0.5, 0.6) is 0 Å². The fraction of sp³-hybridized carbons (Fsp3) is 0.125. The first-order valence-corrected chi connectivity index (χ1v) is 5.06. The van der Waals surface area contributed by atoms with Gasteiger partial charge in [0, 0.05) is 24.8 Å². The summed E-state index contributed by atoms with van der Waals surface area (Å²) in [4.78, 5) is 12.2. The molecule has 2 aromatic heterocycles. The van der Waals surface area contributed by atoms with Crippen LogP contribution in [0, 0.1) is 0 Å². The molecule has 0 aliphatic heterocycles. The van der Waals surface area contributed by atoms with Gasteiger partial charge < -0.3 is 4.57 Å². The molecular formula is C8H6BrClN4. The summed E-state index contributed by atoms with van der Waals surface area (Å²) < 4.78 is 2.65. The highest BCUT2D eigenvalue weighted by Crippen LogP contribution is 2.08. The zero-order valence-corrected chi connectivity index (χ0v) is 9.40. The first kappa shape index (κ1) is 9.61. The van der Waals surface area contributed by atoms with E-state index in [0.29, 0.717) is 17.4 Å². The zero-order chi connectivity index (χ0) is 9.97. The van der Waals surface area contributed by atoms with Gasteiger partial charge in [-0.2, -0.15) is 0 Å². The molecular weight excluding hydrogens is 267 g/mol. The van der Waals surface area contributed by atoms with E-state index in [1.807, 2.05) is 10.8 Å². The molecule has 72 valence electrons. The van der Waals surface area contributed by atoms with Gasteiger partial charge in [-0.1, -0.05) is 11.6 Å². The average molecular weight is 274 g/mol. The first-order chi connectivity index (χ1) is 6.75. The Bertz CT molecular complexity index is 425. The van der Waals surface area contributed by atoms with Gasteiger partial charge in [0.1, 0.15) is 5.82 Å². The highest BCUT2D eigenvalue weighted by atomic mass is 79.9. The Kier molecular flexibility index (Phi) is 2.79. The van der Waals surface area contributed by atoms with Gasteiger partial charge >= 0.3 is 0 Å². The van der Waals surface area contributed by atoms with Crippen LogP contribution in [0.25, 0.3) is 0 Å². The number of hydrogen-bond acceptors (Lipinski definition) is 3. The maximum atomic E-state index is 5.67. The van der Waals surface area contributed by atoms with Crippen molar-refractivity contribution in [2.45, 2.75) is 6.54 Å². The molecule has 0 aromatic carbocycles. The van der Waals surface area contributed by atoms with Crippen molar-refractivity contribution in [2.75, 3.05) is 0 Å². The minimum atomic E-state index is 0.540. The van der Waals surface area contributed by atoms with E-state index in [1.54, 1.807) is 18.6 Å². The Balaban J connectivity index is 2.19. The van der Waals surface area contributed by atoms with Gasteiger partial charge in [0.05, 0.1) is 11.6 Å². The van der Waals surface area contributed by atoms with Gasteiger partial charge in [-0.15, -0.1) is 0 Å². The first-order valence-electron chi connectivity index (χ1n) is 3.89. The lowest BCUT2D eigenvalue weighted by atomic mass is 10.5. The van der Waals surface area contributed by atoms with E-state index in [0.717, 1.165) is 4.73 Å². The minimum absolute atomic E-state index is 0.540. The van der Waals surface area contributed by atoms with Crippen molar-refractivity contribution in [1.82, 2.24) is 19.5 Å². The molecule has 0 aliphatic rings. The highest BCUT2D eigenvalue weighted by Gasteiger charge is 2.01. The number of aromatic nitrogens is 4. The minimum Gasteiger partial charge on any atom is -0.318 e. The molecule has 0 saturated carbocycles. The van der Waals surface area contributed by atoms with Crippen LogP contribution in [0.1, 0.15) is 5.82 Å². The molecule has 0 amide bonds. The summed E-state index contributed by atoms with van der Waals surface area (Å²) in [6.45, 7) is 0.581. The quantitative estimate of drug-likeness (QED) is 0.842. The second-order valence-electron chi connectivity index (χ2n) is 2.64. The zero-order valence-electron chi connectivity index (χ0n) is 7.06. The molecule has 0 bridgehead atoms. The smallest absolute Gasteiger partial charge is 0.177 e. The number of rotatable bonds is 2. The normalized spacial score (nSPS) is 10.4. The second-order valence-corrected chi connectivity index (χ2v) is 3.79. The van der Waals surface area contributed by atoms with Gasteiger partial charge in [-0.3, -0.25) is 0 Å². The topological polar surface area (TPSA) is 43.6 Å². The van der Waals surface area contributed by atoms with E-state index in [4.69, 9.17) is 11.6 Å². The third-order valence-corrected chi connectivity index (χ3v) is 2.51. The standard InChI is InChI=1S/C8H6BrClN4/c9-8-11-1-2-14(8)5-7-12-3-6(10)4-13-7/h1-4H,5H2. The largest absolute Gasteiger partial charge is 0.318 e. The Morgan fingerprint density at radius 2 is 2.00 bits per heavy atom. The Labute approximate surface area is 94.1 Å².